The zero-order valence-electron chi connectivity index (χ0n) is 10.3. The van der Waals surface area contributed by atoms with Crippen LogP contribution in [-0.4, -0.2) is 17.9 Å². The van der Waals surface area contributed by atoms with Crippen molar-refractivity contribution in [3.05, 3.63) is 35.4 Å². The number of ketones is 1. The predicted molar refractivity (Wildman–Crippen MR) is 63.1 cm³/mol. The summed E-state index contributed by atoms with van der Waals surface area (Å²) in [5.74, 6) is -2.44. The molecule has 1 aromatic rings. The summed E-state index contributed by atoms with van der Waals surface area (Å²) in [6, 6.07) is 3.64. The summed E-state index contributed by atoms with van der Waals surface area (Å²) in [5.41, 5.74) is -0.276. The molecule has 1 rings (SSSR count). The monoisotopic (exact) mass is 241 g/mol. The van der Waals surface area contributed by atoms with Gasteiger partial charge >= 0.3 is 0 Å². The van der Waals surface area contributed by atoms with Crippen LogP contribution in [0.1, 0.15) is 37.6 Å². The Balaban J connectivity index is 2.62. The first kappa shape index (κ1) is 13.8. The molecule has 0 fully saturated rings. The molecule has 94 valence electrons. The minimum Gasteiger partial charge on any atom is -0.312 e. The second-order valence-corrected chi connectivity index (χ2v) is 4.95. The smallest absolute Gasteiger partial charge is 0.169 e. The van der Waals surface area contributed by atoms with Crippen LogP contribution in [-0.2, 0) is 0 Å². The van der Waals surface area contributed by atoms with E-state index in [0.717, 1.165) is 6.07 Å². The summed E-state index contributed by atoms with van der Waals surface area (Å²) in [6.07, 6.45) is 0.150. The van der Waals surface area contributed by atoms with Gasteiger partial charge in [0.05, 0.1) is 5.56 Å². The SMILES string of the molecule is CC(C)(C)NCCC(=O)c1cccc(F)c1F. The van der Waals surface area contributed by atoms with Crippen molar-refractivity contribution >= 4 is 5.78 Å². The van der Waals surface area contributed by atoms with Crippen LogP contribution in [0.5, 0.6) is 0 Å². The lowest BCUT2D eigenvalue weighted by molar-refractivity contribution is 0.0975. The quantitative estimate of drug-likeness (QED) is 0.821. The van der Waals surface area contributed by atoms with Crippen LogP contribution in [0, 0.1) is 11.6 Å². The van der Waals surface area contributed by atoms with E-state index in [4.69, 9.17) is 0 Å². The second kappa shape index (κ2) is 5.36. The minimum atomic E-state index is -1.06. The maximum absolute atomic E-state index is 13.3. The summed E-state index contributed by atoms with van der Waals surface area (Å²) in [6.45, 7) is 6.36. The Hall–Kier alpha value is -1.29. The van der Waals surface area contributed by atoms with Gasteiger partial charge in [0.25, 0.3) is 0 Å². The zero-order valence-corrected chi connectivity index (χ0v) is 10.3. The molecule has 0 aliphatic rings. The Kier molecular flexibility index (Phi) is 4.34. The van der Waals surface area contributed by atoms with Gasteiger partial charge in [-0.2, -0.15) is 0 Å². The van der Waals surface area contributed by atoms with Gasteiger partial charge in [-0.3, -0.25) is 4.79 Å². The maximum Gasteiger partial charge on any atom is 0.169 e. The lowest BCUT2D eigenvalue weighted by Crippen LogP contribution is -2.37. The molecule has 4 heteroatoms. The first-order chi connectivity index (χ1) is 7.81. The third-order valence-electron chi connectivity index (χ3n) is 2.26. The van der Waals surface area contributed by atoms with Gasteiger partial charge in [-0.15, -0.1) is 0 Å². The van der Waals surface area contributed by atoms with E-state index in [1.54, 1.807) is 0 Å². The van der Waals surface area contributed by atoms with E-state index in [0.29, 0.717) is 6.54 Å². The summed E-state index contributed by atoms with van der Waals surface area (Å²) in [7, 11) is 0. The van der Waals surface area contributed by atoms with E-state index in [2.05, 4.69) is 5.32 Å². The van der Waals surface area contributed by atoms with Crippen molar-refractivity contribution in [1.82, 2.24) is 5.32 Å². The van der Waals surface area contributed by atoms with E-state index in [9.17, 15) is 13.6 Å². The lowest BCUT2D eigenvalue weighted by atomic mass is 10.1. The molecule has 1 N–H and O–H groups in total. The van der Waals surface area contributed by atoms with Gasteiger partial charge in [-0.05, 0) is 32.9 Å². The van der Waals surface area contributed by atoms with Crippen molar-refractivity contribution in [3.63, 3.8) is 0 Å². The number of rotatable bonds is 4. The molecule has 0 aromatic heterocycles. The highest BCUT2D eigenvalue weighted by Crippen LogP contribution is 2.13. The van der Waals surface area contributed by atoms with Crippen LogP contribution in [0.25, 0.3) is 0 Å². The first-order valence-corrected chi connectivity index (χ1v) is 5.53. The van der Waals surface area contributed by atoms with Crippen LogP contribution in [0.3, 0.4) is 0 Å². The van der Waals surface area contributed by atoms with Gasteiger partial charge in [-0.25, -0.2) is 8.78 Å². The summed E-state index contributed by atoms with van der Waals surface area (Å²) < 4.78 is 26.2. The molecule has 0 spiro atoms. The fraction of sp³-hybridized carbons (Fsp3) is 0.462. The molecular formula is C13H17F2NO. The van der Waals surface area contributed by atoms with Crippen molar-refractivity contribution in [1.29, 1.82) is 0 Å². The van der Waals surface area contributed by atoms with Crippen molar-refractivity contribution in [2.75, 3.05) is 6.54 Å². The molecule has 17 heavy (non-hydrogen) atoms. The number of benzene rings is 1. The Morgan fingerprint density at radius 1 is 1.29 bits per heavy atom. The predicted octanol–water partition coefficient (Wildman–Crippen LogP) is 2.93. The molecule has 0 amide bonds. The number of hydrogen-bond acceptors (Lipinski definition) is 2. The molecule has 0 atom stereocenters. The highest BCUT2D eigenvalue weighted by molar-refractivity contribution is 5.96. The van der Waals surface area contributed by atoms with Crippen molar-refractivity contribution < 1.29 is 13.6 Å². The number of halogens is 2. The topological polar surface area (TPSA) is 29.1 Å². The zero-order chi connectivity index (χ0) is 13.1. The molecule has 0 aliphatic heterocycles. The van der Waals surface area contributed by atoms with Crippen molar-refractivity contribution in [3.8, 4) is 0 Å². The Labute approximate surface area is 100 Å². The average Bonchev–Trinajstić information content (AvgIpc) is 2.20. The van der Waals surface area contributed by atoms with E-state index < -0.39 is 17.4 Å². The van der Waals surface area contributed by atoms with Crippen LogP contribution in [0.2, 0.25) is 0 Å². The molecule has 0 saturated carbocycles. The highest BCUT2D eigenvalue weighted by Gasteiger charge is 2.15. The highest BCUT2D eigenvalue weighted by atomic mass is 19.2. The number of hydrogen-bond donors (Lipinski definition) is 1. The Morgan fingerprint density at radius 2 is 1.94 bits per heavy atom. The molecule has 0 radical (unpaired) electrons. The number of carbonyl (C=O) groups is 1. The standard InChI is InChI=1S/C13H17F2NO/c1-13(2,3)16-8-7-11(17)9-5-4-6-10(14)12(9)15/h4-6,16H,7-8H2,1-3H3. The third kappa shape index (κ3) is 4.23. The summed E-state index contributed by atoms with van der Waals surface area (Å²) in [4.78, 5) is 11.7. The van der Waals surface area contributed by atoms with Gasteiger partial charge in [0.1, 0.15) is 0 Å². The molecule has 0 unspecified atom stereocenters. The van der Waals surface area contributed by atoms with Gasteiger partial charge in [0.2, 0.25) is 0 Å². The van der Waals surface area contributed by atoms with Gasteiger partial charge in [0, 0.05) is 18.5 Å². The molecule has 0 bridgehead atoms. The first-order valence-electron chi connectivity index (χ1n) is 5.53. The normalized spacial score (nSPS) is 11.6. The lowest BCUT2D eigenvalue weighted by Gasteiger charge is -2.20. The van der Waals surface area contributed by atoms with Crippen LogP contribution >= 0.6 is 0 Å². The van der Waals surface area contributed by atoms with Crippen LogP contribution in [0.15, 0.2) is 18.2 Å². The molecule has 0 aliphatic carbocycles. The van der Waals surface area contributed by atoms with Crippen molar-refractivity contribution in [2.24, 2.45) is 0 Å². The maximum atomic E-state index is 13.3. The van der Waals surface area contributed by atoms with E-state index in [1.165, 1.54) is 12.1 Å². The third-order valence-corrected chi connectivity index (χ3v) is 2.26. The molecule has 2 nitrogen and oxygen atoms in total. The Morgan fingerprint density at radius 3 is 2.53 bits per heavy atom. The van der Waals surface area contributed by atoms with Crippen molar-refractivity contribution in [2.45, 2.75) is 32.7 Å². The fourth-order valence-electron chi connectivity index (χ4n) is 1.40. The van der Waals surface area contributed by atoms with E-state index >= 15 is 0 Å². The molecular weight excluding hydrogens is 224 g/mol. The summed E-state index contributed by atoms with van der Waals surface area (Å²) in [5, 5.41) is 3.12. The fourth-order valence-corrected chi connectivity index (χ4v) is 1.40. The van der Waals surface area contributed by atoms with Gasteiger partial charge < -0.3 is 5.32 Å². The van der Waals surface area contributed by atoms with E-state index in [1.807, 2.05) is 20.8 Å². The number of Topliss-reactive ketones (excluding diaryl/α,β-unsaturated/α-hetero) is 1. The molecule has 0 saturated heterocycles. The minimum absolute atomic E-state index is 0.0965. The molecule has 1 aromatic carbocycles. The molecule has 0 heterocycles. The number of carbonyl (C=O) groups excluding carboxylic acids is 1. The summed E-state index contributed by atoms with van der Waals surface area (Å²) >= 11 is 0. The van der Waals surface area contributed by atoms with Crippen LogP contribution in [0.4, 0.5) is 8.78 Å². The average molecular weight is 241 g/mol. The largest absolute Gasteiger partial charge is 0.312 e. The second-order valence-electron chi connectivity index (χ2n) is 4.95. The van der Waals surface area contributed by atoms with Crippen LogP contribution < -0.4 is 5.32 Å². The van der Waals surface area contributed by atoms with E-state index in [-0.39, 0.29) is 17.5 Å². The number of nitrogens with one attached hydrogen (secondary N) is 1. The van der Waals surface area contributed by atoms with Gasteiger partial charge in [-0.1, -0.05) is 6.07 Å². The van der Waals surface area contributed by atoms with Gasteiger partial charge in [0.15, 0.2) is 17.4 Å². The Bertz CT molecular complexity index is 410.